The Morgan fingerprint density at radius 1 is 0.575 bits per heavy atom. The summed E-state index contributed by atoms with van der Waals surface area (Å²) < 4.78 is 20.9. The highest BCUT2D eigenvalue weighted by molar-refractivity contribution is 6.31. The van der Waals surface area contributed by atoms with Crippen molar-refractivity contribution in [1.29, 1.82) is 0 Å². The van der Waals surface area contributed by atoms with Crippen LogP contribution in [0, 0.1) is 0 Å². The summed E-state index contributed by atoms with van der Waals surface area (Å²) in [5.41, 5.74) is 0.353. The van der Waals surface area contributed by atoms with Crippen LogP contribution in [0.3, 0.4) is 0 Å². The van der Waals surface area contributed by atoms with Crippen LogP contribution in [0.15, 0.2) is 48.5 Å². The number of carbonyl (C=O) groups is 6. The summed E-state index contributed by atoms with van der Waals surface area (Å²) in [4.78, 5) is 74.9. The fraction of sp³-hybridized carbons (Fsp3) is 0.308. The van der Waals surface area contributed by atoms with E-state index in [2.05, 4.69) is 10.6 Å². The molecule has 0 saturated carbocycles. The van der Waals surface area contributed by atoms with Crippen LogP contribution in [-0.4, -0.2) is 60.1 Å². The molecule has 0 radical (unpaired) electrons. The number of ether oxygens (including phenoxy) is 4. The summed E-state index contributed by atoms with van der Waals surface area (Å²) in [7, 11) is 0. The van der Waals surface area contributed by atoms with E-state index in [1.165, 1.54) is 36.4 Å². The molecule has 2 N–H and O–H groups in total. The first-order chi connectivity index (χ1) is 18.8. The fourth-order valence-corrected chi connectivity index (χ4v) is 3.82. The Hall–Kier alpha value is -4.16. The van der Waals surface area contributed by atoms with E-state index in [0.717, 1.165) is 27.7 Å². The number of amides is 2. The van der Waals surface area contributed by atoms with Gasteiger partial charge in [-0.3, -0.25) is 28.8 Å². The van der Waals surface area contributed by atoms with Crippen molar-refractivity contribution in [3.63, 3.8) is 0 Å². The van der Waals surface area contributed by atoms with E-state index in [9.17, 15) is 28.8 Å². The standard InChI is InChI=1S/C26H26Cl2N2O10/c1-13(31)37-21(23(39-15(3)33)25(35)29-19-9-5-7-17(27)11-19)22(38-14(2)32)24(40-16(4)34)26(36)30-20-10-6-8-18(28)12-20/h5-12,21-24H,1-4H3,(H,29,35)(H,30,36). The summed E-state index contributed by atoms with van der Waals surface area (Å²) in [6, 6.07) is 11.9. The van der Waals surface area contributed by atoms with Gasteiger partial charge in [-0.15, -0.1) is 0 Å². The monoisotopic (exact) mass is 596 g/mol. The van der Waals surface area contributed by atoms with Crippen LogP contribution in [0.2, 0.25) is 10.0 Å². The summed E-state index contributed by atoms with van der Waals surface area (Å²) >= 11 is 11.9. The molecule has 12 nitrogen and oxygen atoms in total. The number of halogens is 2. The molecule has 0 aliphatic carbocycles. The molecule has 0 aliphatic heterocycles. The van der Waals surface area contributed by atoms with Crippen LogP contribution in [0.5, 0.6) is 0 Å². The van der Waals surface area contributed by atoms with Gasteiger partial charge >= 0.3 is 23.9 Å². The SMILES string of the molecule is CC(=O)OC(C(=O)Nc1cccc(Cl)c1)C(OC(C)=O)C(OC(C)=O)C(OC(C)=O)C(=O)Nc1cccc(Cl)c1. The maximum absolute atomic E-state index is 13.3. The quantitative estimate of drug-likeness (QED) is 0.290. The Morgan fingerprint density at radius 2 is 0.900 bits per heavy atom. The molecule has 214 valence electrons. The molecule has 2 aromatic rings. The van der Waals surface area contributed by atoms with Gasteiger partial charge in [-0.2, -0.15) is 0 Å². The van der Waals surface area contributed by atoms with Gasteiger partial charge in [0.1, 0.15) is 0 Å². The number of hydrogen-bond donors (Lipinski definition) is 2. The van der Waals surface area contributed by atoms with Crippen LogP contribution >= 0.6 is 23.2 Å². The van der Waals surface area contributed by atoms with Crippen molar-refractivity contribution < 1.29 is 47.7 Å². The van der Waals surface area contributed by atoms with Crippen molar-refractivity contribution in [3.8, 4) is 0 Å². The molecule has 0 bridgehead atoms. The second-order valence-electron chi connectivity index (χ2n) is 8.21. The van der Waals surface area contributed by atoms with Crippen molar-refractivity contribution in [2.45, 2.75) is 52.1 Å². The smallest absolute Gasteiger partial charge is 0.303 e. The highest BCUT2D eigenvalue weighted by Gasteiger charge is 2.49. The van der Waals surface area contributed by atoms with E-state index in [1.807, 2.05) is 0 Å². The Morgan fingerprint density at radius 3 is 1.18 bits per heavy atom. The molecule has 0 heterocycles. The van der Waals surface area contributed by atoms with E-state index >= 15 is 0 Å². The average molecular weight is 597 g/mol. The van der Waals surface area contributed by atoms with Gasteiger partial charge in [-0.05, 0) is 36.4 Å². The van der Waals surface area contributed by atoms with E-state index in [4.69, 9.17) is 42.1 Å². The van der Waals surface area contributed by atoms with Crippen molar-refractivity contribution in [1.82, 2.24) is 0 Å². The van der Waals surface area contributed by atoms with Gasteiger partial charge in [0.05, 0.1) is 0 Å². The molecular formula is C26H26Cl2N2O10. The molecule has 0 saturated heterocycles. The van der Waals surface area contributed by atoms with Gasteiger partial charge in [0.15, 0.2) is 12.2 Å². The maximum Gasteiger partial charge on any atom is 0.303 e. The molecule has 2 rings (SSSR count). The molecule has 2 aromatic carbocycles. The molecule has 4 unspecified atom stereocenters. The molecular weight excluding hydrogens is 571 g/mol. The minimum absolute atomic E-state index is 0.176. The first-order valence-electron chi connectivity index (χ1n) is 11.6. The van der Waals surface area contributed by atoms with E-state index in [1.54, 1.807) is 12.1 Å². The van der Waals surface area contributed by atoms with Gasteiger partial charge < -0.3 is 29.6 Å². The zero-order chi connectivity index (χ0) is 30.0. The zero-order valence-electron chi connectivity index (χ0n) is 21.8. The van der Waals surface area contributed by atoms with Crippen LogP contribution in [0.4, 0.5) is 11.4 Å². The Balaban J connectivity index is 2.60. The first-order valence-corrected chi connectivity index (χ1v) is 12.3. The Kier molecular flexibility index (Phi) is 11.9. The van der Waals surface area contributed by atoms with Gasteiger partial charge in [-0.25, -0.2) is 0 Å². The lowest BCUT2D eigenvalue weighted by molar-refractivity contribution is -0.198. The number of rotatable bonds is 11. The molecule has 0 aliphatic rings. The molecule has 0 spiro atoms. The number of hydrogen-bond acceptors (Lipinski definition) is 10. The third-order valence-electron chi connectivity index (χ3n) is 4.81. The van der Waals surface area contributed by atoms with Crippen LogP contribution < -0.4 is 10.6 Å². The third-order valence-corrected chi connectivity index (χ3v) is 5.28. The number of carbonyl (C=O) groups excluding carboxylic acids is 6. The topological polar surface area (TPSA) is 163 Å². The third kappa shape index (κ3) is 10.2. The zero-order valence-corrected chi connectivity index (χ0v) is 23.3. The number of esters is 4. The normalized spacial score (nSPS) is 13.4. The fourth-order valence-electron chi connectivity index (χ4n) is 3.44. The maximum atomic E-state index is 13.3. The van der Waals surface area contributed by atoms with Crippen molar-refractivity contribution in [2.75, 3.05) is 10.6 Å². The molecule has 4 atom stereocenters. The highest BCUT2D eigenvalue weighted by Crippen LogP contribution is 2.24. The van der Waals surface area contributed by atoms with Crippen molar-refractivity contribution >= 4 is 70.3 Å². The largest absolute Gasteiger partial charge is 0.454 e. The first kappa shape index (κ1) is 32.1. The molecule has 40 heavy (non-hydrogen) atoms. The van der Waals surface area contributed by atoms with Crippen LogP contribution in [0.1, 0.15) is 27.7 Å². The van der Waals surface area contributed by atoms with Gasteiger partial charge in [-0.1, -0.05) is 35.3 Å². The lowest BCUT2D eigenvalue weighted by Crippen LogP contribution is -2.57. The lowest BCUT2D eigenvalue weighted by atomic mass is 10.00. The summed E-state index contributed by atoms with van der Waals surface area (Å²) in [6.45, 7) is 3.87. The van der Waals surface area contributed by atoms with Gasteiger partial charge in [0.25, 0.3) is 11.8 Å². The molecule has 0 fully saturated rings. The van der Waals surface area contributed by atoms with Crippen LogP contribution in [-0.2, 0) is 47.7 Å². The Bertz CT molecular complexity index is 1190. The molecule has 2 amide bonds. The summed E-state index contributed by atoms with van der Waals surface area (Å²) in [6.07, 6.45) is -7.94. The van der Waals surface area contributed by atoms with Crippen molar-refractivity contribution in [2.24, 2.45) is 0 Å². The van der Waals surface area contributed by atoms with E-state index in [-0.39, 0.29) is 21.4 Å². The minimum Gasteiger partial charge on any atom is -0.454 e. The molecule has 0 aromatic heterocycles. The van der Waals surface area contributed by atoms with Crippen molar-refractivity contribution in [3.05, 3.63) is 58.6 Å². The summed E-state index contributed by atoms with van der Waals surface area (Å²) in [5.74, 6) is -6.08. The predicted octanol–water partition coefficient (Wildman–Crippen LogP) is 3.30. The van der Waals surface area contributed by atoms with Crippen LogP contribution in [0.25, 0.3) is 0 Å². The number of nitrogens with one attached hydrogen (secondary N) is 2. The molecule has 14 heteroatoms. The average Bonchev–Trinajstić information content (AvgIpc) is 2.83. The summed E-state index contributed by atoms with van der Waals surface area (Å²) in [5, 5.41) is 5.43. The lowest BCUT2D eigenvalue weighted by Gasteiger charge is -2.34. The number of anilines is 2. The van der Waals surface area contributed by atoms with E-state index < -0.39 is 60.1 Å². The predicted molar refractivity (Wildman–Crippen MR) is 142 cm³/mol. The van der Waals surface area contributed by atoms with Gasteiger partial charge in [0, 0.05) is 49.1 Å². The minimum atomic E-state index is -2.00. The second kappa shape index (κ2) is 14.8. The highest BCUT2D eigenvalue weighted by atomic mass is 35.5. The second-order valence-corrected chi connectivity index (χ2v) is 9.08. The van der Waals surface area contributed by atoms with Gasteiger partial charge in [0.2, 0.25) is 12.2 Å². The van der Waals surface area contributed by atoms with E-state index in [0.29, 0.717) is 0 Å². The number of benzene rings is 2. The Labute approximate surface area is 239 Å².